The highest BCUT2D eigenvalue weighted by Crippen LogP contribution is 2.14. The summed E-state index contributed by atoms with van der Waals surface area (Å²) in [5, 5.41) is 25.8. The maximum atomic E-state index is 12.0. The third-order valence-corrected chi connectivity index (χ3v) is 6.98. The molecule has 0 aliphatic carbocycles. The molecule has 0 aliphatic heterocycles. The van der Waals surface area contributed by atoms with Crippen molar-refractivity contribution in [1.82, 2.24) is 16.0 Å². The molecular weight excluding hydrogens is 642 g/mol. The Morgan fingerprint density at radius 2 is 1.16 bits per heavy atom. The SMILES string of the molecule is CCC[C@H](NC(=O)COCCOCCNC(=O)COCCOCCNC(=O)CCCCCCCCCOc1ccc(C(=O)O)cc1)C(=O)O. The van der Waals surface area contributed by atoms with Crippen molar-refractivity contribution in [3.63, 3.8) is 0 Å². The van der Waals surface area contributed by atoms with E-state index in [0.717, 1.165) is 44.9 Å². The number of carboxylic acids is 2. The lowest BCUT2D eigenvalue weighted by atomic mass is 10.1. The fraction of sp³-hybridized carbons (Fsp3) is 0.676. The first-order valence-corrected chi connectivity index (χ1v) is 17.1. The molecule has 15 heteroatoms. The molecule has 0 spiro atoms. The Labute approximate surface area is 288 Å². The number of amides is 3. The Hall–Kier alpha value is -3.79. The first-order valence-electron chi connectivity index (χ1n) is 17.1. The average Bonchev–Trinajstić information content (AvgIpc) is 3.07. The third kappa shape index (κ3) is 24.9. The number of nitrogens with one attached hydrogen (secondary N) is 3. The van der Waals surface area contributed by atoms with Crippen LogP contribution in [0.4, 0.5) is 0 Å². The van der Waals surface area contributed by atoms with Crippen molar-refractivity contribution in [2.75, 3.05) is 72.6 Å². The van der Waals surface area contributed by atoms with E-state index in [2.05, 4.69) is 16.0 Å². The van der Waals surface area contributed by atoms with Gasteiger partial charge in [-0.05, 0) is 43.5 Å². The standard InChI is InChI=1S/C34H55N3O12/c1-2-10-29(34(43)44)37-32(40)26-48-24-22-46-20-17-36-31(39)25-47-23-21-45-19-16-35-30(38)11-8-6-4-3-5-7-9-18-49-28-14-12-27(13-15-28)33(41)42/h12-15,29H,2-11,16-26H2,1H3,(H,35,38)(H,36,39)(H,37,40)(H,41,42)(H,43,44)/t29-/m0/s1. The van der Waals surface area contributed by atoms with Crippen LogP contribution in [0.5, 0.6) is 5.75 Å². The van der Waals surface area contributed by atoms with Crippen LogP contribution < -0.4 is 20.7 Å². The zero-order valence-corrected chi connectivity index (χ0v) is 28.7. The second-order valence-corrected chi connectivity index (χ2v) is 11.2. The van der Waals surface area contributed by atoms with Crippen LogP contribution in [-0.4, -0.2) is 118 Å². The van der Waals surface area contributed by atoms with Crippen LogP contribution in [0.15, 0.2) is 24.3 Å². The number of unbranched alkanes of at least 4 members (excludes halogenated alkanes) is 6. The van der Waals surface area contributed by atoms with Crippen LogP contribution in [0, 0.1) is 0 Å². The van der Waals surface area contributed by atoms with Gasteiger partial charge in [-0.3, -0.25) is 14.4 Å². The van der Waals surface area contributed by atoms with Crippen molar-refractivity contribution < 1.29 is 57.9 Å². The van der Waals surface area contributed by atoms with Gasteiger partial charge >= 0.3 is 11.9 Å². The van der Waals surface area contributed by atoms with E-state index in [1.165, 1.54) is 12.1 Å². The molecule has 0 radical (unpaired) electrons. The molecule has 3 amide bonds. The molecular formula is C34H55N3O12. The molecule has 1 aromatic carbocycles. The number of hydrogen-bond acceptors (Lipinski definition) is 10. The summed E-state index contributed by atoms with van der Waals surface area (Å²) in [6, 6.07) is 5.48. The Kier molecular flexibility index (Phi) is 25.7. The van der Waals surface area contributed by atoms with Crippen molar-refractivity contribution in [3.8, 4) is 5.75 Å². The van der Waals surface area contributed by atoms with E-state index in [4.69, 9.17) is 33.9 Å². The summed E-state index contributed by atoms with van der Waals surface area (Å²) in [4.78, 5) is 57.4. The van der Waals surface area contributed by atoms with Gasteiger partial charge < -0.3 is 49.8 Å². The molecule has 0 aliphatic rings. The van der Waals surface area contributed by atoms with Gasteiger partial charge in [-0.15, -0.1) is 0 Å². The molecule has 0 heterocycles. The zero-order chi connectivity index (χ0) is 36.0. The van der Waals surface area contributed by atoms with E-state index in [9.17, 15) is 24.0 Å². The van der Waals surface area contributed by atoms with Crippen LogP contribution in [0.3, 0.4) is 0 Å². The molecule has 1 rings (SSSR count). The summed E-state index contributed by atoms with van der Waals surface area (Å²) in [5.74, 6) is -2.15. The quantitative estimate of drug-likeness (QED) is 0.0689. The molecule has 0 saturated carbocycles. The maximum Gasteiger partial charge on any atom is 0.335 e. The largest absolute Gasteiger partial charge is 0.494 e. The molecule has 0 bridgehead atoms. The molecule has 0 saturated heterocycles. The van der Waals surface area contributed by atoms with Crippen molar-refractivity contribution in [3.05, 3.63) is 29.8 Å². The highest BCUT2D eigenvalue weighted by atomic mass is 16.5. The van der Waals surface area contributed by atoms with E-state index >= 15 is 0 Å². The second kappa shape index (κ2) is 29.2. The number of aliphatic carboxylic acids is 1. The molecule has 5 N–H and O–H groups in total. The first kappa shape index (κ1) is 43.2. The minimum Gasteiger partial charge on any atom is -0.494 e. The van der Waals surface area contributed by atoms with Gasteiger partial charge in [0.25, 0.3) is 0 Å². The Morgan fingerprint density at radius 1 is 0.633 bits per heavy atom. The molecule has 15 nitrogen and oxygen atoms in total. The predicted octanol–water partition coefficient (Wildman–Crippen LogP) is 2.55. The average molecular weight is 698 g/mol. The van der Waals surface area contributed by atoms with Gasteiger partial charge in [0.15, 0.2) is 0 Å². The lowest BCUT2D eigenvalue weighted by Crippen LogP contribution is -2.42. The summed E-state index contributed by atoms with van der Waals surface area (Å²) < 4.78 is 26.8. The van der Waals surface area contributed by atoms with Gasteiger partial charge in [0, 0.05) is 19.5 Å². The topological polar surface area (TPSA) is 208 Å². The van der Waals surface area contributed by atoms with Crippen molar-refractivity contribution >= 4 is 29.7 Å². The van der Waals surface area contributed by atoms with E-state index in [1.807, 2.05) is 6.92 Å². The molecule has 0 aromatic heterocycles. The van der Waals surface area contributed by atoms with Gasteiger partial charge in [-0.2, -0.15) is 0 Å². The molecule has 278 valence electrons. The molecule has 1 aromatic rings. The van der Waals surface area contributed by atoms with Crippen LogP contribution in [0.2, 0.25) is 0 Å². The monoisotopic (exact) mass is 697 g/mol. The number of carbonyl (C=O) groups is 5. The van der Waals surface area contributed by atoms with E-state index in [0.29, 0.717) is 51.4 Å². The molecule has 0 unspecified atom stereocenters. The maximum absolute atomic E-state index is 12.0. The minimum atomic E-state index is -1.08. The summed E-state index contributed by atoms with van der Waals surface area (Å²) in [6.07, 6.45) is 8.61. The van der Waals surface area contributed by atoms with Gasteiger partial charge in [-0.25, -0.2) is 9.59 Å². The number of carbonyl (C=O) groups excluding carboxylic acids is 3. The number of aromatic carboxylic acids is 1. The van der Waals surface area contributed by atoms with Gasteiger partial charge in [-0.1, -0.05) is 45.4 Å². The number of rotatable bonds is 32. The summed E-state index contributed by atoms with van der Waals surface area (Å²) in [6.45, 7) is 4.25. The number of carboxylic acid groups (broad SMARTS) is 2. The van der Waals surface area contributed by atoms with Crippen molar-refractivity contribution in [1.29, 1.82) is 0 Å². The Balaban J connectivity index is 1.82. The van der Waals surface area contributed by atoms with Crippen molar-refractivity contribution in [2.24, 2.45) is 0 Å². The summed E-state index contributed by atoms with van der Waals surface area (Å²) >= 11 is 0. The minimum absolute atomic E-state index is 0.00226. The third-order valence-electron chi connectivity index (χ3n) is 6.98. The summed E-state index contributed by atoms with van der Waals surface area (Å²) in [7, 11) is 0. The van der Waals surface area contributed by atoms with E-state index < -0.39 is 23.9 Å². The lowest BCUT2D eigenvalue weighted by Gasteiger charge is -2.13. The predicted molar refractivity (Wildman–Crippen MR) is 180 cm³/mol. The van der Waals surface area contributed by atoms with E-state index in [-0.39, 0.29) is 63.6 Å². The van der Waals surface area contributed by atoms with Crippen LogP contribution >= 0.6 is 0 Å². The van der Waals surface area contributed by atoms with Crippen LogP contribution in [0.1, 0.15) is 81.5 Å². The normalized spacial score (nSPS) is 11.4. The summed E-state index contributed by atoms with van der Waals surface area (Å²) in [5.41, 5.74) is 0.241. The van der Waals surface area contributed by atoms with Crippen LogP contribution in [0.25, 0.3) is 0 Å². The fourth-order valence-electron chi connectivity index (χ4n) is 4.37. The highest BCUT2D eigenvalue weighted by molar-refractivity contribution is 5.87. The lowest BCUT2D eigenvalue weighted by molar-refractivity contribution is -0.142. The zero-order valence-electron chi connectivity index (χ0n) is 28.7. The molecule has 0 fully saturated rings. The molecule has 49 heavy (non-hydrogen) atoms. The first-order chi connectivity index (χ1) is 23.7. The van der Waals surface area contributed by atoms with Crippen molar-refractivity contribution in [2.45, 2.75) is 77.2 Å². The smallest absolute Gasteiger partial charge is 0.335 e. The van der Waals surface area contributed by atoms with Crippen LogP contribution in [-0.2, 0) is 38.1 Å². The molecule has 1 atom stereocenters. The number of ether oxygens (including phenoxy) is 5. The highest BCUT2D eigenvalue weighted by Gasteiger charge is 2.18. The number of benzene rings is 1. The van der Waals surface area contributed by atoms with E-state index in [1.54, 1.807) is 12.1 Å². The Morgan fingerprint density at radius 3 is 1.73 bits per heavy atom. The number of hydrogen-bond donors (Lipinski definition) is 5. The Bertz CT molecular complexity index is 1070. The second-order valence-electron chi connectivity index (χ2n) is 11.2. The van der Waals surface area contributed by atoms with Gasteiger partial charge in [0.05, 0.1) is 51.8 Å². The fourth-order valence-corrected chi connectivity index (χ4v) is 4.37. The van der Waals surface area contributed by atoms with Gasteiger partial charge in [0.2, 0.25) is 17.7 Å². The van der Waals surface area contributed by atoms with Gasteiger partial charge in [0.1, 0.15) is 25.0 Å².